The summed E-state index contributed by atoms with van der Waals surface area (Å²) in [6.07, 6.45) is 2.36. The van der Waals surface area contributed by atoms with Gasteiger partial charge in [-0.3, -0.25) is 4.79 Å². The van der Waals surface area contributed by atoms with Gasteiger partial charge in [-0.1, -0.05) is 30.3 Å². The number of carbonyl (C=O) groups is 1. The van der Waals surface area contributed by atoms with Gasteiger partial charge in [-0.25, -0.2) is 0 Å². The van der Waals surface area contributed by atoms with E-state index in [4.69, 9.17) is 4.74 Å². The molecule has 4 aromatic rings. The minimum atomic E-state index is -0.636. The lowest BCUT2D eigenvalue weighted by Crippen LogP contribution is -2.32. The fraction of sp³-hybridized carbons (Fsp3) is 0.222. The number of phenolic OH excluding ortho intramolecular Hbond substituents is 1. The first kappa shape index (κ1) is 23.4. The maximum absolute atomic E-state index is 12.5. The number of H-pyrrole nitrogens is 1. The molecular formula is C27H29N3O4. The number of aliphatic hydroxyl groups excluding tert-OH is 1. The Hall–Kier alpha value is -3.81. The van der Waals surface area contributed by atoms with Crippen LogP contribution in [0.25, 0.3) is 10.9 Å². The van der Waals surface area contributed by atoms with E-state index in [0.29, 0.717) is 25.3 Å². The molecule has 176 valence electrons. The Morgan fingerprint density at radius 2 is 1.76 bits per heavy atom. The number of aromatic hydroxyl groups is 1. The number of benzene rings is 3. The van der Waals surface area contributed by atoms with Crippen molar-refractivity contribution in [3.8, 4) is 11.5 Å². The number of carbonyl (C=O) groups excluding carboxylic acids is 1. The lowest BCUT2D eigenvalue weighted by Gasteiger charge is -2.13. The normalized spacial score (nSPS) is 11.9. The zero-order valence-electron chi connectivity index (χ0n) is 18.8. The fourth-order valence-corrected chi connectivity index (χ4v) is 3.71. The third-order valence-electron chi connectivity index (χ3n) is 5.51. The van der Waals surface area contributed by atoms with Crippen LogP contribution in [0.4, 0.5) is 5.69 Å². The zero-order chi connectivity index (χ0) is 23.8. The van der Waals surface area contributed by atoms with E-state index in [1.165, 1.54) is 0 Å². The number of para-hydroxylation sites is 1. The van der Waals surface area contributed by atoms with Crippen molar-refractivity contribution in [2.24, 2.45) is 0 Å². The topological polar surface area (TPSA) is 107 Å². The highest BCUT2D eigenvalue weighted by atomic mass is 16.5. The maximum atomic E-state index is 12.5. The molecule has 0 aliphatic rings. The van der Waals surface area contributed by atoms with E-state index in [-0.39, 0.29) is 18.3 Å². The van der Waals surface area contributed by atoms with Crippen LogP contribution in [0.2, 0.25) is 0 Å². The molecule has 0 aliphatic carbocycles. The standard InChI is InChI=1S/C27H29N3O4/c31-22-9-11-24(12-10-22)34-18-23(32)17-28-14-13-19-5-7-21(8-6-19)30-27(33)15-20-16-29-26-4-2-1-3-25(20)26/h1-12,16,23,28-29,31-32H,13-15,17-18H2,(H,30,33)/t23-/m0/s1. The molecule has 0 saturated carbocycles. The summed E-state index contributed by atoms with van der Waals surface area (Å²) in [5.74, 6) is 0.726. The number of aromatic amines is 1. The van der Waals surface area contributed by atoms with Crippen molar-refractivity contribution in [2.75, 3.05) is 25.0 Å². The zero-order valence-corrected chi connectivity index (χ0v) is 18.8. The summed E-state index contributed by atoms with van der Waals surface area (Å²) in [7, 11) is 0. The number of nitrogens with one attached hydrogen (secondary N) is 3. The quantitative estimate of drug-likeness (QED) is 0.220. The summed E-state index contributed by atoms with van der Waals surface area (Å²) >= 11 is 0. The lowest BCUT2D eigenvalue weighted by molar-refractivity contribution is -0.115. The first-order valence-corrected chi connectivity index (χ1v) is 11.3. The van der Waals surface area contributed by atoms with Gasteiger partial charge in [0.15, 0.2) is 0 Å². The van der Waals surface area contributed by atoms with E-state index in [9.17, 15) is 15.0 Å². The number of phenols is 1. The van der Waals surface area contributed by atoms with Crippen LogP contribution in [-0.4, -0.2) is 46.9 Å². The average Bonchev–Trinajstić information content (AvgIpc) is 3.25. The van der Waals surface area contributed by atoms with Gasteiger partial charge >= 0.3 is 0 Å². The third-order valence-corrected chi connectivity index (χ3v) is 5.51. The van der Waals surface area contributed by atoms with E-state index < -0.39 is 6.10 Å². The van der Waals surface area contributed by atoms with Gasteiger partial charge in [0.1, 0.15) is 24.2 Å². The van der Waals surface area contributed by atoms with Gasteiger partial charge in [0.05, 0.1) is 6.42 Å². The number of hydrogen-bond acceptors (Lipinski definition) is 5. The lowest BCUT2D eigenvalue weighted by atomic mass is 10.1. The molecule has 0 spiro atoms. The van der Waals surface area contributed by atoms with Gasteiger partial charge in [-0.2, -0.15) is 0 Å². The largest absolute Gasteiger partial charge is 0.508 e. The molecule has 0 unspecified atom stereocenters. The highest BCUT2D eigenvalue weighted by Gasteiger charge is 2.09. The summed E-state index contributed by atoms with van der Waals surface area (Å²) in [6.45, 7) is 1.30. The molecule has 1 amide bonds. The second-order valence-electron chi connectivity index (χ2n) is 8.19. The number of fused-ring (bicyclic) bond motifs is 1. The number of ether oxygens (including phenoxy) is 1. The molecular weight excluding hydrogens is 430 g/mol. The monoisotopic (exact) mass is 459 g/mol. The molecule has 0 aliphatic heterocycles. The van der Waals surface area contributed by atoms with Gasteiger partial charge in [-0.05, 0) is 66.6 Å². The molecule has 4 rings (SSSR count). The molecule has 0 fully saturated rings. The Kier molecular flexibility index (Phi) is 7.80. The predicted octanol–water partition coefficient (Wildman–Crippen LogP) is 3.63. The smallest absolute Gasteiger partial charge is 0.228 e. The predicted molar refractivity (Wildman–Crippen MR) is 133 cm³/mol. The molecule has 34 heavy (non-hydrogen) atoms. The third kappa shape index (κ3) is 6.60. The summed E-state index contributed by atoms with van der Waals surface area (Å²) in [4.78, 5) is 15.7. The van der Waals surface area contributed by atoms with Crippen molar-refractivity contribution in [3.63, 3.8) is 0 Å². The second kappa shape index (κ2) is 11.4. The maximum Gasteiger partial charge on any atom is 0.228 e. The van der Waals surface area contributed by atoms with Gasteiger partial charge in [0.2, 0.25) is 5.91 Å². The van der Waals surface area contributed by atoms with Crippen molar-refractivity contribution in [3.05, 3.63) is 90.1 Å². The van der Waals surface area contributed by atoms with E-state index in [2.05, 4.69) is 15.6 Å². The first-order chi connectivity index (χ1) is 16.6. The number of amides is 1. The number of rotatable bonds is 11. The Labute approximate surface area is 198 Å². The number of hydrogen-bond donors (Lipinski definition) is 5. The molecule has 0 saturated heterocycles. The summed E-state index contributed by atoms with van der Waals surface area (Å²) < 4.78 is 5.50. The van der Waals surface area contributed by atoms with E-state index in [1.54, 1.807) is 24.3 Å². The molecule has 5 N–H and O–H groups in total. The summed E-state index contributed by atoms with van der Waals surface area (Å²) in [6, 6.07) is 22.1. The Balaban J connectivity index is 1.15. The summed E-state index contributed by atoms with van der Waals surface area (Å²) in [5.41, 5.74) is 3.91. The molecule has 1 heterocycles. The molecule has 0 radical (unpaired) electrons. The molecule has 1 aromatic heterocycles. The van der Waals surface area contributed by atoms with Crippen molar-refractivity contribution in [1.29, 1.82) is 0 Å². The molecule has 1 atom stereocenters. The Morgan fingerprint density at radius 1 is 1.00 bits per heavy atom. The van der Waals surface area contributed by atoms with Crippen LogP contribution in [0.1, 0.15) is 11.1 Å². The van der Waals surface area contributed by atoms with Gasteiger partial charge < -0.3 is 30.6 Å². The average molecular weight is 460 g/mol. The van der Waals surface area contributed by atoms with Gasteiger partial charge in [0.25, 0.3) is 0 Å². The number of aromatic nitrogens is 1. The molecule has 3 aromatic carbocycles. The fourth-order valence-electron chi connectivity index (χ4n) is 3.71. The van der Waals surface area contributed by atoms with Crippen molar-refractivity contribution in [2.45, 2.75) is 18.9 Å². The van der Waals surface area contributed by atoms with Crippen molar-refractivity contribution < 1.29 is 19.7 Å². The molecule has 0 bridgehead atoms. The van der Waals surface area contributed by atoms with Crippen LogP contribution in [0.3, 0.4) is 0 Å². The van der Waals surface area contributed by atoms with Gasteiger partial charge in [0, 0.05) is 29.3 Å². The summed E-state index contributed by atoms with van der Waals surface area (Å²) in [5, 5.41) is 26.6. The van der Waals surface area contributed by atoms with Crippen LogP contribution in [-0.2, 0) is 17.6 Å². The number of anilines is 1. The van der Waals surface area contributed by atoms with Crippen molar-refractivity contribution >= 4 is 22.5 Å². The van der Waals surface area contributed by atoms with E-state index >= 15 is 0 Å². The van der Waals surface area contributed by atoms with Crippen LogP contribution >= 0.6 is 0 Å². The SMILES string of the molecule is O=C(Cc1c[nH]c2ccccc12)Nc1ccc(CCNC[C@H](O)COc2ccc(O)cc2)cc1. The van der Waals surface area contributed by atoms with Crippen LogP contribution < -0.4 is 15.4 Å². The van der Waals surface area contributed by atoms with Crippen molar-refractivity contribution in [1.82, 2.24) is 10.3 Å². The van der Waals surface area contributed by atoms with Gasteiger partial charge in [-0.15, -0.1) is 0 Å². The Bertz CT molecular complexity index is 1200. The second-order valence-corrected chi connectivity index (χ2v) is 8.19. The van der Waals surface area contributed by atoms with Crippen LogP contribution in [0.15, 0.2) is 79.0 Å². The highest BCUT2D eigenvalue weighted by Crippen LogP contribution is 2.19. The molecule has 7 nitrogen and oxygen atoms in total. The van der Waals surface area contributed by atoms with Crippen LogP contribution in [0.5, 0.6) is 11.5 Å². The van der Waals surface area contributed by atoms with Crippen LogP contribution in [0, 0.1) is 0 Å². The molecule has 7 heteroatoms. The minimum absolute atomic E-state index is 0.0531. The first-order valence-electron chi connectivity index (χ1n) is 11.3. The van der Waals surface area contributed by atoms with E-state index in [0.717, 1.165) is 34.1 Å². The number of aliphatic hydroxyl groups is 1. The highest BCUT2D eigenvalue weighted by molar-refractivity contribution is 5.95. The Morgan fingerprint density at radius 3 is 2.56 bits per heavy atom. The minimum Gasteiger partial charge on any atom is -0.508 e. The van der Waals surface area contributed by atoms with E-state index in [1.807, 2.05) is 54.7 Å².